The summed E-state index contributed by atoms with van der Waals surface area (Å²) in [5.74, 6) is -0.376. The molecular formula is C12H16N2O4. The van der Waals surface area contributed by atoms with Crippen molar-refractivity contribution in [2.24, 2.45) is 0 Å². The van der Waals surface area contributed by atoms with Crippen LogP contribution in [0.25, 0.3) is 0 Å². The summed E-state index contributed by atoms with van der Waals surface area (Å²) in [6, 6.07) is 4.17. The van der Waals surface area contributed by atoms with E-state index < -0.39 is 4.92 Å². The summed E-state index contributed by atoms with van der Waals surface area (Å²) in [7, 11) is 0. The summed E-state index contributed by atoms with van der Waals surface area (Å²) in [5.41, 5.74) is 0.689. The lowest BCUT2D eigenvalue weighted by molar-refractivity contribution is -0.385. The first kappa shape index (κ1) is 14.1. The molecular weight excluding hydrogens is 236 g/mol. The van der Waals surface area contributed by atoms with Gasteiger partial charge in [0.25, 0.3) is 11.6 Å². The van der Waals surface area contributed by atoms with Crippen LogP contribution in [0, 0.1) is 17.0 Å². The second-order valence-corrected chi connectivity index (χ2v) is 4.15. The highest BCUT2D eigenvalue weighted by Crippen LogP contribution is 2.19. The van der Waals surface area contributed by atoms with Crippen LogP contribution >= 0.6 is 0 Å². The normalized spacial score (nSPS) is 11.9. The van der Waals surface area contributed by atoms with Gasteiger partial charge in [0.15, 0.2) is 0 Å². The number of nitrogens with zero attached hydrogens (tertiary/aromatic N) is 1. The number of nitrogens with one attached hydrogen (secondary N) is 1. The highest BCUT2D eigenvalue weighted by Gasteiger charge is 2.15. The fourth-order valence-corrected chi connectivity index (χ4v) is 1.52. The predicted octanol–water partition coefficient (Wildman–Crippen LogP) is 1.40. The summed E-state index contributed by atoms with van der Waals surface area (Å²) in [6.07, 6.45) is 0.444. The van der Waals surface area contributed by atoms with Crippen LogP contribution in [0.1, 0.15) is 29.3 Å². The van der Waals surface area contributed by atoms with Crippen LogP contribution in [0.3, 0.4) is 0 Å². The lowest BCUT2D eigenvalue weighted by atomic mass is 10.1. The molecule has 0 spiro atoms. The van der Waals surface area contributed by atoms with Crippen molar-refractivity contribution in [3.8, 4) is 0 Å². The molecule has 0 heterocycles. The number of aryl methyl sites for hydroxylation is 1. The average Bonchev–Trinajstić information content (AvgIpc) is 2.29. The summed E-state index contributed by atoms with van der Waals surface area (Å²) in [5, 5.41) is 22.2. The van der Waals surface area contributed by atoms with E-state index in [1.54, 1.807) is 26.0 Å². The molecule has 6 nitrogen and oxygen atoms in total. The quantitative estimate of drug-likeness (QED) is 0.612. The van der Waals surface area contributed by atoms with E-state index in [0.29, 0.717) is 12.0 Å². The van der Waals surface area contributed by atoms with Crippen LogP contribution in [-0.4, -0.2) is 28.6 Å². The number of nitro groups is 1. The molecule has 1 unspecified atom stereocenters. The number of hydrogen-bond donors (Lipinski definition) is 2. The SMILES string of the molecule is Cc1ccc(C(=O)NC(C)CCO)cc1[N+](=O)[O-]. The third kappa shape index (κ3) is 3.53. The first-order chi connectivity index (χ1) is 8.45. The molecule has 1 aromatic carbocycles. The van der Waals surface area contributed by atoms with Crippen molar-refractivity contribution < 1.29 is 14.8 Å². The second kappa shape index (κ2) is 6.11. The Hall–Kier alpha value is -1.95. The molecule has 1 aromatic rings. The fraction of sp³-hybridized carbons (Fsp3) is 0.417. The second-order valence-electron chi connectivity index (χ2n) is 4.15. The molecule has 0 aromatic heterocycles. The van der Waals surface area contributed by atoms with Crippen molar-refractivity contribution in [2.75, 3.05) is 6.61 Å². The Morgan fingerprint density at radius 1 is 1.56 bits per heavy atom. The molecule has 0 aliphatic heterocycles. The molecule has 1 amide bonds. The minimum absolute atomic E-state index is 0.0184. The standard InChI is InChI=1S/C12H16N2O4/c1-8-3-4-10(7-11(8)14(17)18)12(16)13-9(2)5-6-15/h3-4,7,9,15H,5-6H2,1-2H3,(H,13,16). The van der Waals surface area contributed by atoms with Crippen molar-refractivity contribution in [2.45, 2.75) is 26.3 Å². The van der Waals surface area contributed by atoms with E-state index in [4.69, 9.17) is 5.11 Å². The van der Waals surface area contributed by atoms with E-state index in [9.17, 15) is 14.9 Å². The third-order valence-corrected chi connectivity index (χ3v) is 2.61. The number of aliphatic hydroxyl groups is 1. The zero-order valence-corrected chi connectivity index (χ0v) is 10.3. The molecule has 0 aliphatic rings. The molecule has 0 radical (unpaired) electrons. The van der Waals surface area contributed by atoms with Crippen LogP contribution in [0.2, 0.25) is 0 Å². The van der Waals surface area contributed by atoms with Gasteiger partial charge in [0, 0.05) is 29.8 Å². The first-order valence-corrected chi connectivity index (χ1v) is 5.62. The van der Waals surface area contributed by atoms with Gasteiger partial charge >= 0.3 is 0 Å². The van der Waals surface area contributed by atoms with Gasteiger partial charge in [-0.25, -0.2) is 0 Å². The molecule has 18 heavy (non-hydrogen) atoms. The Labute approximate surface area is 105 Å². The van der Waals surface area contributed by atoms with Gasteiger partial charge in [0.1, 0.15) is 0 Å². The van der Waals surface area contributed by atoms with E-state index in [2.05, 4.69) is 5.32 Å². The van der Waals surface area contributed by atoms with Crippen LogP contribution in [-0.2, 0) is 0 Å². The van der Waals surface area contributed by atoms with Gasteiger partial charge in [-0.05, 0) is 26.3 Å². The van der Waals surface area contributed by atoms with Crippen molar-refractivity contribution in [3.05, 3.63) is 39.4 Å². The molecule has 0 bridgehead atoms. The lowest BCUT2D eigenvalue weighted by Gasteiger charge is -2.12. The van der Waals surface area contributed by atoms with Crippen molar-refractivity contribution in [1.29, 1.82) is 0 Å². The zero-order valence-electron chi connectivity index (χ0n) is 10.3. The monoisotopic (exact) mass is 252 g/mol. The van der Waals surface area contributed by atoms with E-state index in [1.807, 2.05) is 0 Å². The Balaban J connectivity index is 2.87. The van der Waals surface area contributed by atoms with Gasteiger partial charge in [-0.3, -0.25) is 14.9 Å². The first-order valence-electron chi connectivity index (χ1n) is 5.62. The minimum Gasteiger partial charge on any atom is -0.396 e. The number of carbonyl (C=O) groups excluding carboxylic acids is 1. The summed E-state index contributed by atoms with van der Waals surface area (Å²) < 4.78 is 0. The van der Waals surface area contributed by atoms with E-state index >= 15 is 0 Å². The predicted molar refractivity (Wildman–Crippen MR) is 66.5 cm³/mol. The maximum atomic E-state index is 11.8. The maximum absolute atomic E-state index is 11.8. The van der Waals surface area contributed by atoms with Crippen LogP contribution in [0.15, 0.2) is 18.2 Å². The smallest absolute Gasteiger partial charge is 0.273 e. The van der Waals surface area contributed by atoms with Gasteiger partial charge in [0.05, 0.1) is 4.92 Å². The molecule has 0 saturated heterocycles. The Bertz CT molecular complexity index is 459. The number of amides is 1. The average molecular weight is 252 g/mol. The molecule has 2 N–H and O–H groups in total. The highest BCUT2D eigenvalue weighted by atomic mass is 16.6. The molecule has 1 rings (SSSR count). The number of benzene rings is 1. The maximum Gasteiger partial charge on any atom is 0.273 e. The van der Waals surface area contributed by atoms with Crippen molar-refractivity contribution in [1.82, 2.24) is 5.32 Å². The van der Waals surface area contributed by atoms with Gasteiger partial charge in [-0.15, -0.1) is 0 Å². The number of nitro benzene ring substituents is 1. The van der Waals surface area contributed by atoms with Gasteiger partial charge in [-0.1, -0.05) is 6.07 Å². The van der Waals surface area contributed by atoms with Gasteiger partial charge in [-0.2, -0.15) is 0 Å². The molecule has 0 fully saturated rings. The van der Waals surface area contributed by atoms with Gasteiger partial charge < -0.3 is 10.4 Å². The van der Waals surface area contributed by atoms with Crippen molar-refractivity contribution >= 4 is 11.6 Å². The molecule has 98 valence electrons. The Morgan fingerprint density at radius 3 is 2.78 bits per heavy atom. The third-order valence-electron chi connectivity index (χ3n) is 2.61. The van der Waals surface area contributed by atoms with Crippen LogP contribution < -0.4 is 5.32 Å². The van der Waals surface area contributed by atoms with Crippen LogP contribution in [0.5, 0.6) is 0 Å². The topological polar surface area (TPSA) is 92.5 Å². The molecule has 0 saturated carbocycles. The Morgan fingerprint density at radius 2 is 2.22 bits per heavy atom. The van der Waals surface area contributed by atoms with Crippen LogP contribution in [0.4, 0.5) is 5.69 Å². The summed E-state index contributed by atoms with van der Waals surface area (Å²) in [4.78, 5) is 22.1. The largest absolute Gasteiger partial charge is 0.396 e. The minimum atomic E-state index is -0.511. The summed E-state index contributed by atoms with van der Waals surface area (Å²) in [6.45, 7) is 3.36. The van der Waals surface area contributed by atoms with Gasteiger partial charge in [0.2, 0.25) is 0 Å². The lowest BCUT2D eigenvalue weighted by Crippen LogP contribution is -2.33. The molecule has 1 atom stereocenters. The number of aliphatic hydroxyl groups excluding tert-OH is 1. The highest BCUT2D eigenvalue weighted by molar-refractivity contribution is 5.95. The molecule has 6 heteroatoms. The number of rotatable bonds is 5. The van der Waals surface area contributed by atoms with E-state index in [-0.39, 0.29) is 29.8 Å². The van der Waals surface area contributed by atoms with E-state index in [1.165, 1.54) is 6.07 Å². The fourth-order valence-electron chi connectivity index (χ4n) is 1.52. The number of carbonyl (C=O) groups is 1. The summed E-state index contributed by atoms with van der Waals surface area (Å²) >= 11 is 0. The zero-order chi connectivity index (χ0) is 13.7. The van der Waals surface area contributed by atoms with E-state index in [0.717, 1.165) is 0 Å². The Kier molecular flexibility index (Phi) is 4.79. The molecule has 0 aliphatic carbocycles. The van der Waals surface area contributed by atoms with Crippen molar-refractivity contribution in [3.63, 3.8) is 0 Å². The number of hydrogen-bond acceptors (Lipinski definition) is 4.